The molecule has 5 heteroatoms. The van der Waals surface area contributed by atoms with Crippen molar-refractivity contribution in [1.82, 2.24) is 10.2 Å². The standard InChI is InChI=1S/C13H25F3N2/c1-3-7-17-11(2)4-8-18-9-5-12(6-10-18)13(14,15)16/h11-12,17H,3-10H2,1-2H3. The van der Waals surface area contributed by atoms with E-state index in [2.05, 4.69) is 24.1 Å². The van der Waals surface area contributed by atoms with Crippen molar-refractivity contribution in [2.24, 2.45) is 5.92 Å². The van der Waals surface area contributed by atoms with Gasteiger partial charge in [-0.3, -0.25) is 0 Å². The Labute approximate surface area is 108 Å². The van der Waals surface area contributed by atoms with E-state index in [0.717, 1.165) is 25.9 Å². The molecule has 1 aliphatic rings. The zero-order valence-corrected chi connectivity index (χ0v) is 11.4. The molecule has 0 radical (unpaired) electrons. The number of rotatable bonds is 6. The summed E-state index contributed by atoms with van der Waals surface area (Å²) in [6.07, 6.45) is -1.35. The second-order valence-electron chi connectivity index (χ2n) is 5.30. The highest BCUT2D eigenvalue weighted by molar-refractivity contribution is 4.77. The van der Waals surface area contributed by atoms with Gasteiger partial charge in [0.15, 0.2) is 0 Å². The molecule has 1 N–H and O–H groups in total. The van der Waals surface area contributed by atoms with Gasteiger partial charge in [-0.05, 0) is 58.8 Å². The largest absolute Gasteiger partial charge is 0.391 e. The fraction of sp³-hybridized carbons (Fsp3) is 1.00. The number of piperidine rings is 1. The van der Waals surface area contributed by atoms with E-state index in [1.807, 2.05) is 0 Å². The second kappa shape index (κ2) is 7.34. The molecule has 0 aromatic carbocycles. The van der Waals surface area contributed by atoms with Crippen LogP contribution in [0, 0.1) is 5.92 Å². The second-order valence-corrected chi connectivity index (χ2v) is 5.30. The van der Waals surface area contributed by atoms with Gasteiger partial charge in [0.05, 0.1) is 5.92 Å². The predicted octanol–water partition coefficient (Wildman–Crippen LogP) is 3.04. The topological polar surface area (TPSA) is 15.3 Å². The minimum Gasteiger partial charge on any atom is -0.314 e. The minimum atomic E-state index is -4.00. The van der Waals surface area contributed by atoms with Crippen LogP contribution in [-0.4, -0.2) is 43.3 Å². The van der Waals surface area contributed by atoms with E-state index in [4.69, 9.17) is 0 Å². The number of hydrogen-bond donors (Lipinski definition) is 1. The number of likely N-dealkylation sites (tertiary alicyclic amines) is 1. The van der Waals surface area contributed by atoms with Gasteiger partial charge < -0.3 is 10.2 Å². The van der Waals surface area contributed by atoms with Crippen molar-refractivity contribution in [1.29, 1.82) is 0 Å². The van der Waals surface area contributed by atoms with Gasteiger partial charge in [0.2, 0.25) is 0 Å². The summed E-state index contributed by atoms with van der Waals surface area (Å²) < 4.78 is 37.5. The van der Waals surface area contributed by atoms with E-state index in [1.165, 1.54) is 0 Å². The number of halogens is 3. The molecule has 0 aromatic rings. The van der Waals surface area contributed by atoms with Crippen LogP contribution in [-0.2, 0) is 0 Å². The Kier molecular flexibility index (Phi) is 6.43. The molecule has 0 aromatic heterocycles. The summed E-state index contributed by atoms with van der Waals surface area (Å²) in [4.78, 5) is 2.16. The van der Waals surface area contributed by atoms with E-state index in [1.54, 1.807) is 0 Å². The zero-order chi connectivity index (χ0) is 13.6. The van der Waals surface area contributed by atoms with Crippen LogP contribution in [0.4, 0.5) is 13.2 Å². The molecule has 18 heavy (non-hydrogen) atoms. The quantitative estimate of drug-likeness (QED) is 0.795. The maximum absolute atomic E-state index is 12.5. The van der Waals surface area contributed by atoms with Gasteiger partial charge in [0.1, 0.15) is 0 Å². The molecule has 1 aliphatic heterocycles. The van der Waals surface area contributed by atoms with Gasteiger partial charge >= 0.3 is 6.18 Å². The number of alkyl halides is 3. The van der Waals surface area contributed by atoms with E-state index >= 15 is 0 Å². The molecule has 1 saturated heterocycles. The molecule has 1 rings (SSSR count). The van der Waals surface area contributed by atoms with Gasteiger partial charge in [-0.25, -0.2) is 0 Å². The molecule has 2 nitrogen and oxygen atoms in total. The molecule has 0 amide bonds. The van der Waals surface area contributed by atoms with Gasteiger partial charge in [-0.15, -0.1) is 0 Å². The lowest BCUT2D eigenvalue weighted by Crippen LogP contribution is -2.41. The van der Waals surface area contributed by atoms with E-state index in [0.29, 0.717) is 19.1 Å². The van der Waals surface area contributed by atoms with Crippen LogP contribution in [0.25, 0.3) is 0 Å². The molecule has 0 bridgehead atoms. The SMILES string of the molecule is CCCNC(C)CCN1CCC(C(F)(F)F)CC1. The highest BCUT2D eigenvalue weighted by atomic mass is 19.4. The van der Waals surface area contributed by atoms with Crippen molar-refractivity contribution in [2.75, 3.05) is 26.2 Å². The van der Waals surface area contributed by atoms with Crippen LogP contribution in [0.15, 0.2) is 0 Å². The number of hydrogen-bond acceptors (Lipinski definition) is 2. The van der Waals surface area contributed by atoms with Crippen LogP contribution < -0.4 is 5.32 Å². The zero-order valence-electron chi connectivity index (χ0n) is 11.4. The molecule has 0 spiro atoms. The van der Waals surface area contributed by atoms with E-state index in [-0.39, 0.29) is 12.8 Å². The Balaban J connectivity index is 2.16. The summed E-state index contributed by atoms with van der Waals surface area (Å²) >= 11 is 0. The van der Waals surface area contributed by atoms with Crippen LogP contribution in [0.3, 0.4) is 0 Å². The summed E-state index contributed by atoms with van der Waals surface area (Å²) in [6, 6.07) is 0.449. The Hall–Kier alpha value is -0.290. The fourth-order valence-corrected chi connectivity index (χ4v) is 2.35. The van der Waals surface area contributed by atoms with Crippen molar-refractivity contribution in [3.05, 3.63) is 0 Å². The smallest absolute Gasteiger partial charge is 0.314 e. The molecule has 1 atom stereocenters. The molecular weight excluding hydrogens is 241 g/mol. The van der Waals surface area contributed by atoms with Crippen LogP contribution in [0.1, 0.15) is 39.5 Å². The van der Waals surface area contributed by atoms with Crippen LogP contribution in [0.5, 0.6) is 0 Å². The molecule has 1 heterocycles. The molecule has 0 saturated carbocycles. The minimum absolute atomic E-state index is 0.264. The number of nitrogens with one attached hydrogen (secondary N) is 1. The first-order valence-corrected chi connectivity index (χ1v) is 6.96. The monoisotopic (exact) mass is 266 g/mol. The first kappa shape index (κ1) is 15.8. The molecule has 1 unspecified atom stereocenters. The van der Waals surface area contributed by atoms with Gasteiger partial charge in [-0.2, -0.15) is 13.2 Å². The van der Waals surface area contributed by atoms with Crippen LogP contribution >= 0.6 is 0 Å². The Morgan fingerprint density at radius 2 is 1.89 bits per heavy atom. The summed E-state index contributed by atoms with van der Waals surface area (Å²) in [6.45, 7) is 7.36. The Morgan fingerprint density at radius 3 is 2.39 bits per heavy atom. The van der Waals surface area contributed by atoms with E-state index in [9.17, 15) is 13.2 Å². The fourth-order valence-electron chi connectivity index (χ4n) is 2.35. The van der Waals surface area contributed by atoms with Crippen molar-refractivity contribution in [3.8, 4) is 0 Å². The lowest BCUT2D eigenvalue weighted by molar-refractivity contribution is -0.185. The molecular formula is C13H25F3N2. The number of nitrogens with zero attached hydrogens (tertiary/aromatic N) is 1. The highest BCUT2D eigenvalue weighted by Gasteiger charge is 2.40. The van der Waals surface area contributed by atoms with Gasteiger partial charge in [0, 0.05) is 6.04 Å². The molecule has 0 aliphatic carbocycles. The van der Waals surface area contributed by atoms with Crippen LogP contribution in [0.2, 0.25) is 0 Å². The molecule has 1 fully saturated rings. The van der Waals surface area contributed by atoms with Gasteiger partial charge in [0.25, 0.3) is 0 Å². The summed E-state index contributed by atoms with van der Waals surface area (Å²) in [5.74, 6) is -1.08. The average Bonchev–Trinajstić information content (AvgIpc) is 2.33. The summed E-state index contributed by atoms with van der Waals surface area (Å²) in [5.41, 5.74) is 0. The third kappa shape index (κ3) is 5.57. The first-order valence-electron chi connectivity index (χ1n) is 6.96. The lowest BCUT2D eigenvalue weighted by atomic mass is 9.96. The Bertz CT molecular complexity index is 223. The third-order valence-electron chi connectivity index (χ3n) is 3.67. The van der Waals surface area contributed by atoms with Crippen molar-refractivity contribution in [3.63, 3.8) is 0 Å². The van der Waals surface area contributed by atoms with E-state index < -0.39 is 12.1 Å². The lowest BCUT2D eigenvalue weighted by Gasteiger charge is -2.33. The maximum atomic E-state index is 12.5. The van der Waals surface area contributed by atoms with Crippen molar-refractivity contribution >= 4 is 0 Å². The van der Waals surface area contributed by atoms with Gasteiger partial charge in [-0.1, -0.05) is 6.92 Å². The molecule has 108 valence electrons. The first-order chi connectivity index (χ1) is 8.43. The average molecular weight is 266 g/mol. The van der Waals surface area contributed by atoms with Crippen molar-refractivity contribution < 1.29 is 13.2 Å². The van der Waals surface area contributed by atoms with Crippen molar-refractivity contribution in [2.45, 2.75) is 51.7 Å². The summed E-state index contributed by atoms with van der Waals surface area (Å²) in [7, 11) is 0. The predicted molar refractivity (Wildman–Crippen MR) is 67.6 cm³/mol. The summed E-state index contributed by atoms with van der Waals surface area (Å²) in [5, 5.41) is 3.40. The normalized spacial score (nSPS) is 21.2. The Morgan fingerprint density at radius 1 is 1.28 bits per heavy atom. The third-order valence-corrected chi connectivity index (χ3v) is 3.67. The highest BCUT2D eigenvalue weighted by Crippen LogP contribution is 2.33. The maximum Gasteiger partial charge on any atom is 0.391 e.